The third kappa shape index (κ3) is 4.58. The largest absolute Gasteiger partial charge is 0.494 e. The number of anilines is 1. The number of benzene rings is 2. The highest BCUT2D eigenvalue weighted by atomic mass is 35.5. The van der Waals surface area contributed by atoms with E-state index in [-0.39, 0.29) is 5.91 Å². The fourth-order valence-electron chi connectivity index (χ4n) is 2.80. The van der Waals surface area contributed by atoms with Crippen LogP contribution in [0.25, 0.3) is 10.2 Å². The van der Waals surface area contributed by atoms with Gasteiger partial charge in [0.1, 0.15) is 11.3 Å². The topological polar surface area (TPSA) is 45.7 Å². The Kier molecular flexibility index (Phi) is 6.31. The van der Waals surface area contributed by atoms with Gasteiger partial charge in [0.15, 0.2) is 5.13 Å². The Labute approximate surface area is 168 Å². The highest BCUT2D eigenvalue weighted by Gasteiger charge is 2.22. The molecule has 0 spiro atoms. The Balaban J connectivity index is 1.97. The lowest BCUT2D eigenvalue weighted by Gasteiger charge is -2.21. The van der Waals surface area contributed by atoms with Gasteiger partial charge in [0.2, 0.25) is 0 Å². The molecule has 3 rings (SSSR count). The second-order valence-corrected chi connectivity index (χ2v) is 7.87. The minimum Gasteiger partial charge on any atom is -0.494 e. The number of carbonyl (C=O) groups is 1. The van der Waals surface area contributed by atoms with E-state index in [0.29, 0.717) is 28.0 Å². The Morgan fingerprint density at radius 3 is 2.67 bits per heavy atom. The molecule has 0 bridgehead atoms. The maximum atomic E-state index is 13.2. The monoisotopic (exact) mass is 403 g/mol. The number of rotatable bonds is 7. The summed E-state index contributed by atoms with van der Waals surface area (Å²) in [4.78, 5) is 21.7. The third-order valence-electron chi connectivity index (χ3n) is 4.13. The fraction of sp³-hybridized carbons (Fsp3) is 0.300. The molecule has 0 atom stereocenters. The molecule has 27 heavy (non-hydrogen) atoms. The van der Waals surface area contributed by atoms with Gasteiger partial charge in [-0.05, 0) is 57.4 Å². The smallest absolute Gasteiger partial charge is 0.260 e. The molecule has 1 heterocycles. The van der Waals surface area contributed by atoms with Crippen LogP contribution in [0.1, 0.15) is 16.8 Å². The molecule has 0 aliphatic carbocycles. The van der Waals surface area contributed by atoms with Crippen LogP contribution in [0, 0.1) is 0 Å². The first-order chi connectivity index (χ1) is 13.0. The first-order valence-corrected chi connectivity index (χ1v) is 9.84. The van der Waals surface area contributed by atoms with E-state index in [0.717, 1.165) is 23.2 Å². The molecule has 0 radical (unpaired) electrons. The number of fused-ring (bicyclic) bond motifs is 1. The molecule has 5 nitrogen and oxygen atoms in total. The van der Waals surface area contributed by atoms with Crippen LogP contribution in [0.15, 0.2) is 42.5 Å². The zero-order valence-electron chi connectivity index (χ0n) is 15.6. The van der Waals surface area contributed by atoms with E-state index < -0.39 is 0 Å². The molecular formula is C20H22ClN3O2S. The lowest BCUT2D eigenvalue weighted by Crippen LogP contribution is -2.33. The molecule has 1 aromatic heterocycles. The Hall–Kier alpha value is -2.15. The number of hydrogen-bond acceptors (Lipinski definition) is 5. The number of methoxy groups -OCH3 is 1. The summed E-state index contributed by atoms with van der Waals surface area (Å²) in [5, 5.41) is 1.21. The van der Waals surface area contributed by atoms with E-state index in [9.17, 15) is 4.79 Å². The van der Waals surface area contributed by atoms with Crippen molar-refractivity contribution in [2.45, 2.75) is 6.42 Å². The summed E-state index contributed by atoms with van der Waals surface area (Å²) < 4.78 is 6.40. The van der Waals surface area contributed by atoms with Crippen molar-refractivity contribution in [3.8, 4) is 5.75 Å². The number of para-hydroxylation sites is 1. The number of halogens is 1. The van der Waals surface area contributed by atoms with Crippen LogP contribution in [0.4, 0.5) is 5.13 Å². The molecule has 0 unspecified atom stereocenters. The maximum Gasteiger partial charge on any atom is 0.260 e. The normalized spacial score (nSPS) is 11.1. The first kappa shape index (κ1) is 19.6. The van der Waals surface area contributed by atoms with Gasteiger partial charge in [0.05, 0.1) is 11.8 Å². The van der Waals surface area contributed by atoms with Gasteiger partial charge in [-0.1, -0.05) is 35.1 Å². The predicted molar refractivity (Wildman–Crippen MR) is 112 cm³/mol. The maximum absolute atomic E-state index is 13.2. The molecule has 0 aliphatic heterocycles. The van der Waals surface area contributed by atoms with Gasteiger partial charge in [-0.2, -0.15) is 0 Å². The second kappa shape index (κ2) is 8.69. The molecule has 2 aromatic carbocycles. The Morgan fingerprint density at radius 2 is 1.96 bits per heavy atom. The zero-order valence-corrected chi connectivity index (χ0v) is 17.2. The molecule has 7 heteroatoms. The van der Waals surface area contributed by atoms with Crippen molar-refractivity contribution in [1.29, 1.82) is 0 Å². The van der Waals surface area contributed by atoms with Crippen LogP contribution < -0.4 is 9.64 Å². The van der Waals surface area contributed by atoms with Gasteiger partial charge >= 0.3 is 0 Å². The number of carbonyl (C=O) groups excluding carboxylic acids is 1. The first-order valence-electron chi connectivity index (χ1n) is 8.65. The number of thiazole rings is 1. The van der Waals surface area contributed by atoms with Crippen LogP contribution in [-0.2, 0) is 0 Å². The van der Waals surface area contributed by atoms with E-state index in [1.165, 1.54) is 11.3 Å². The summed E-state index contributed by atoms with van der Waals surface area (Å²) in [7, 11) is 5.66. The van der Waals surface area contributed by atoms with Crippen LogP contribution in [0.2, 0.25) is 5.02 Å². The van der Waals surface area contributed by atoms with Crippen LogP contribution >= 0.6 is 22.9 Å². The lowest BCUT2D eigenvalue weighted by molar-refractivity contribution is 0.0986. The zero-order chi connectivity index (χ0) is 19.4. The van der Waals surface area contributed by atoms with Gasteiger partial charge in [-0.15, -0.1) is 0 Å². The molecule has 1 amide bonds. The number of ether oxygens (including phenoxy) is 1. The summed E-state index contributed by atoms with van der Waals surface area (Å²) >= 11 is 7.57. The molecule has 3 aromatic rings. The summed E-state index contributed by atoms with van der Waals surface area (Å²) in [5.41, 5.74) is 1.33. The lowest BCUT2D eigenvalue weighted by atomic mass is 10.2. The highest BCUT2D eigenvalue weighted by Crippen LogP contribution is 2.34. The Bertz CT molecular complexity index is 942. The minimum atomic E-state index is -0.103. The van der Waals surface area contributed by atoms with Crippen molar-refractivity contribution in [3.05, 3.63) is 53.1 Å². The summed E-state index contributed by atoms with van der Waals surface area (Å²) in [6.45, 7) is 1.46. The van der Waals surface area contributed by atoms with Crippen molar-refractivity contribution in [2.75, 3.05) is 39.2 Å². The SMILES string of the molecule is COc1cccc2sc(N(CCCN(C)C)C(=O)c3cccc(Cl)c3)nc12. The predicted octanol–water partition coefficient (Wildman–Crippen LogP) is 4.56. The molecular weight excluding hydrogens is 382 g/mol. The van der Waals surface area contributed by atoms with E-state index in [4.69, 9.17) is 21.3 Å². The van der Waals surface area contributed by atoms with Crippen molar-refractivity contribution >= 4 is 44.2 Å². The second-order valence-electron chi connectivity index (χ2n) is 6.43. The minimum absolute atomic E-state index is 0.103. The molecule has 142 valence electrons. The number of amides is 1. The molecule has 0 aliphatic rings. The van der Waals surface area contributed by atoms with Crippen molar-refractivity contribution in [3.63, 3.8) is 0 Å². The fourth-order valence-corrected chi connectivity index (χ4v) is 4.00. The van der Waals surface area contributed by atoms with Gasteiger partial charge in [-0.25, -0.2) is 4.98 Å². The van der Waals surface area contributed by atoms with Crippen molar-refractivity contribution in [1.82, 2.24) is 9.88 Å². The summed E-state index contributed by atoms with van der Waals surface area (Å²) in [5.74, 6) is 0.604. The van der Waals surface area contributed by atoms with Gasteiger partial charge in [0, 0.05) is 17.1 Å². The number of aromatic nitrogens is 1. The van der Waals surface area contributed by atoms with E-state index in [1.54, 1.807) is 36.3 Å². The molecule has 0 fully saturated rings. The molecule has 0 N–H and O–H groups in total. The van der Waals surface area contributed by atoms with E-state index >= 15 is 0 Å². The molecule has 0 saturated heterocycles. The Morgan fingerprint density at radius 1 is 1.19 bits per heavy atom. The summed E-state index contributed by atoms with van der Waals surface area (Å²) in [6.07, 6.45) is 0.840. The van der Waals surface area contributed by atoms with Gasteiger partial charge < -0.3 is 9.64 Å². The molecule has 0 saturated carbocycles. The average molecular weight is 404 g/mol. The standard InChI is InChI=1S/C20H22ClN3O2S/c1-23(2)11-6-12-24(19(25)14-7-4-8-15(21)13-14)20-22-18-16(26-3)9-5-10-17(18)27-20/h4-5,7-10,13H,6,11-12H2,1-3H3. The number of hydrogen-bond donors (Lipinski definition) is 0. The van der Waals surface area contributed by atoms with Crippen LogP contribution in [-0.4, -0.2) is 50.1 Å². The highest BCUT2D eigenvalue weighted by molar-refractivity contribution is 7.22. The van der Waals surface area contributed by atoms with Crippen molar-refractivity contribution in [2.24, 2.45) is 0 Å². The van der Waals surface area contributed by atoms with Gasteiger partial charge in [-0.3, -0.25) is 9.69 Å². The number of nitrogens with zero attached hydrogens (tertiary/aromatic N) is 3. The van der Waals surface area contributed by atoms with Crippen LogP contribution in [0.3, 0.4) is 0 Å². The third-order valence-corrected chi connectivity index (χ3v) is 5.40. The average Bonchev–Trinajstić information content (AvgIpc) is 3.08. The quantitative estimate of drug-likeness (QED) is 0.580. The van der Waals surface area contributed by atoms with Gasteiger partial charge in [0.25, 0.3) is 5.91 Å². The van der Waals surface area contributed by atoms with E-state index in [1.807, 2.05) is 32.3 Å². The van der Waals surface area contributed by atoms with Crippen LogP contribution in [0.5, 0.6) is 5.75 Å². The summed E-state index contributed by atoms with van der Waals surface area (Å²) in [6, 6.07) is 12.8. The van der Waals surface area contributed by atoms with E-state index in [2.05, 4.69) is 4.90 Å². The van der Waals surface area contributed by atoms with Crippen molar-refractivity contribution < 1.29 is 9.53 Å².